The van der Waals surface area contributed by atoms with Gasteiger partial charge in [0.05, 0.1) is 17.8 Å². The molecule has 206 valence electrons. The number of thiocarbonyl (C=S) groups is 1. The van der Waals surface area contributed by atoms with Gasteiger partial charge in [0.25, 0.3) is 0 Å². The number of amides is 1. The van der Waals surface area contributed by atoms with E-state index >= 15 is 0 Å². The Bertz CT molecular complexity index is 1590. The van der Waals surface area contributed by atoms with Crippen LogP contribution in [-0.4, -0.2) is 20.6 Å². The first kappa shape index (κ1) is 27.6. The highest BCUT2D eigenvalue weighted by molar-refractivity contribution is 7.80. The van der Waals surface area contributed by atoms with E-state index in [9.17, 15) is 4.79 Å². The first-order valence-corrected chi connectivity index (χ1v) is 14.2. The highest BCUT2D eigenvalue weighted by atomic mass is 32.1. The van der Waals surface area contributed by atoms with Gasteiger partial charge in [-0.1, -0.05) is 32.0 Å². The van der Waals surface area contributed by atoms with Gasteiger partial charge in [-0.05, 0) is 112 Å². The largest absolute Gasteiger partial charge is 0.351 e. The van der Waals surface area contributed by atoms with Crippen LogP contribution >= 0.6 is 12.2 Å². The zero-order valence-corrected chi connectivity index (χ0v) is 25.1. The lowest BCUT2D eigenvalue weighted by Crippen LogP contribution is -2.29. The van der Waals surface area contributed by atoms with Crippen molar-refractivity contribution in [3.63, 3.8) is 0 Å². The van der Waals surface area contributed by atoms with E-state index < -0.39 is 0 Å². The number of nitrogens with zero attached hydrogens (tertiary/aromatic N) is 3. The second-order valence-electron chi connectivity index (χ2n) is 11.1. The minimum absolute atomic E-state index is 0.00110. The summed E-state index contributed by atoms with van der Waals surface area (Å²) in [6.07, 6.45) is 1.83. The predicted octanol–water partition coefficient (Wildman–Crippen LogP) is 7.19. The Labute approximate surface area is 242 Å². The number of anilines is 2. The maximum Gasteiger partial charge on any atom is 0.226 e. The van der Waals surface area contributed by atoms with Crippen LogP contribution in [0.2, 0.25) is 0 Å². The summed E-state index contributed by atoms with van der Waals surface area (Å²) in [6.45, 7) is 14.4. The quantitative estimate of drug-likeness (QED) is 0.249. The summed E-state index contributed by atoms with van der Waals surface area (Å²) in [5.41, 5.74) is 10.9. The Hall–Kier alpha value is -3.97. The summed E-state index contributed by atoms with van der Waals surface area (Å²) in [6, 6.07) is 20.7. The van der Waals surface area contributed by atoms with Gasteiger partial charge in [-0.3, -0.25) is 9.78 Å². The van der Waals surface area contributed by atoms with Crippen molar-refractivity contribution in [1.82, 2.24) is 14.9 Å². The highest BCUT2D eigenvalue weighted by Crippen LogP contribution is 2.44. The predicted molar refractivity (Wildman–Crippen MR) is 167 cm³/mol. The molecule has 2 aromatic carbocycles. The van der Waals surface area contributed by atoms with Crippen molar-refractivity contribution in [2.45, 2.75) is 60.5 Å². The van der Waals surface area contributed by atoms with Crippen molar-refractivity contribution < 1.29 is 4.79 Å². The van der Waals surface area contributed by atoms with Gasteiger partial charge in [0, 0.05) is 40.6 Å². The van der Waals surface area contributed by atoms with Crippen LogP contribution < -0.4 is 15.5 Å². The van der Waals surface area contributed by atoms with Crippen LogP contribution in [0.4, 0.5) is 11.4 Å². The third-order valence-corrected chi connectivity index (χ3v) is 8.08. The molecule has 1 aliphatic heterocycles. The molecule has 0 unspecified atom stereocenters. The lowest BCUT2D eigenvalue weighted by atomic mass is 9.96. The summed E-state index contributed by atoms with van der Waals surface area (Å²) in [7, 11) is 0. The molecule has 6 nitrogen and oxygen atoms in total. The summed E-state index contributed by atoms with van der Waals surface area (Å²) >= 11 is 5.98. The van der Waals surface area contributed by atoms with Crippen molar-refractivity contribution >= 4 is 34.6 Å². The molecule has 4 aromatic rings. The number of rotatable bonds is 6. The Morgan fingerprint density at radius 1 is 0.975 bits per heavy atom. The fourth-order valence-corrected chi connectivity index (χ4v) is 5.93. The molecule has 2 aromatic heterocycles. The Morgan fingerprint density at radius 3 is 2.42 bits per heavy atom. The summed E-state index contributed by atoms with van der Waals surface area (Å²) in [5.74, 6) is -0.0913. The molecule has 1 fully saturated rings. The molecule has 0 bridgehead atoms. The van der Waals surface area contributed by atoms with Gasteiger partial charge < -0.3 is 20.1 Å². The number of aryl methyl sites for hydroxylation is 4. The second-order valence-corrected chi connectivity index (χ2v) is 11.5. The summed E-state index contributed by atoms with van der Waals surface area (Å²) in [4.78, 5) is 19.3. The Morgan fingerprint density at radius 2 is 1.75 bits per heavy atom. The number of benzene rings is 2. The van der Waals surface area contributed by atoms with E-state index in [4.69, 9.17) is 17.2 Å². The zero-order valence-electron chi connectivity index (χ0n) is 24.2. The minimum Gasteiger partial charge on any atom is -0.351 e. The van der Waals surface area contributed by atoms with Crippen LogP contribution in [0.1, 0.15) is 65.3 Å². The van der Waals surface area contributed by atoms with E-state index in [0.29, 0.717) is 5.11 Å². The van der Waals surface area contributed by atoms with Crippen molar-refractivity contribution in [2.24, 2.45) is 5.92 Å². The molecule has 0 aliphatic carbocycles. The zero-order chi connectivity index (χ0) is 28.7. The van der Waals surface area contributed by atoms with Gasteiger partial charge in [-0.15, -0.1) is 0 Å². The van der Waals surface area contributed by atoms with Crippen LogP contribution in [0, 0.1) is 40.5 Å². The van der Waals surface area contributed by atoms with E-state index in [1.165, 1.54) is 33.8 Å². The van der Waals surface area contributed by atoms with Crippen LogP contribution in [-0.2, 0) is 4.79 Å². The number of aromatic nitrogens is 2. The Balaban J connectivity index is 1.64. The molecule has 3 heterocycles. The summed E-state index contributed by atoms with van der Waals surface area (Å²) < 4.78 is 2.35. The molecule has 0 spiro atoms. The lowest BCUT2D eigenvalue weighted by molar-refractivity contribution is -0.118. The van der Waals surface area contributed by atoms with Gasteiger partial charge in [-0.25, -0.2) is 0 Å². The van der Waals surface area contributed by atoms with E-state index in [1.54, 1.807) is 0 Å². The molecule has 1 aliphatic rings. The lowest BCUT2D eigenvalue weighted by Gasteiger charge is -2.29. The minimum atomic E-state index is -0.137. The first-order valence-electron chi connectivity index (χ1n) is 13.8. The number of nitrogens with one attached hydrogen (secondary N) is 2. The van der Waals surface area contributed by atoms with Gasteiger partial charge >= 0.3 is 0 Å². The topological polar surface area (TPSA) is 62.2 Å². The Kier molecular flexibility index (Phi) is 7.51. The summed E-state index contributed by atoms with van der Waals surface area (Å²) in [5, 5.41) is 7.27. The number of hydrogen-bond donors (Lipinski definition) is 2. The number of carbonyl (C=O) groups excluding carboxylic acids is 1. The van der Waals surface area contributed by atoms with E-state index in [0.717, 1.165) is 22.6 Å². The normalized spacial score (nSPS) is 16.9. The third kappa shape index (κ3) is 5.02. The highest BCUT2D eigenvalue weighted by Gasteiger charge is 2.42. The van der Waals surface area contributed by atoms with Crippen LogP contribution in [0.25, 0.3) is 5.69 Å². The first-order chi connectivity index (χ1) is 19.1. The van der Waals surface area contributed by atoms with Crippen LogP contribution in [0.3, 0.4) is 0 Å². The molecular weight excluding hydrogens is 514 g/mol. The SMILES string of the molecule is Cc1ccc(C)c(-n2c(C)cc([C@@H]3[C@@H](c4ccccn4)NC(=S)N3c3ccc(NC(=O)C(C)C)c(C)c3)c2C)c1. The number of carbonyl (C=O) groups is 1. The molecule has 2 N–H and O–H groups in total. The molecule has 7 heteroatoms. The van der Waals surface area contributed by atoms with E-state index in [-0.39, 0.29) is 23.9 Å². The maximum atomic E-state index is 12.4. The monoisotopic (exact) mass is 551 g/mol. The van der Waals surface area contributed by atoms with Crippen LogP contribution in [0.5, 0.6) is 0 Å². The molecule has 5 rings (SSSR count). The van der Waals surface area contributed by atoms with Crippen molar-refractivity contribution in [1.29, 1.82) is 0 Å². The average molecular weight is 552 g/mol. The molecular formula is C33H37N5OS. The van der Waals surface area contributed by atoms with Gasteiger partial charge in [0.15, 0.2) is 5.11 Å². The molecule has 0 radical (unpaired) electrons. The van der Waals surface area contributed by atoms with E-state index in [1.807, 2.05) is 51.2 Å². The molecule has 2 atom stereocenters. The molecule has 40 heavy (non-hydrogen) atoms. The number of hydrogen-bond acceptors (Lipinski definition) is 3. The standard InChI is InChI=1S/C33H37N5OS/c1-19(2)32(39)35-27-14-13-25(17-22(27)5)38-31(30(36-33(38)40)28-10-8-9-15-34-28)26-18-23(6)37(24(26)7)29-16-20(3)11-12-21(29)4/h8-19,30-31H,1-7H3,(H,35,39)(H,36,40)/t30-,31-/m1/s1. The number of pyridine rings is 1. The second kappa shape index (κ2) is 10.9. The van der Waals surface area contributed by atoms with Crippen molar-refractivity contribution in [3.05, 3.63) is 106 Å². The van der Waals surface area contributed by atoms with Gasteiger partial charge in [0.1, 0.15) is 0 Å². The average Bonchev–Trinajstić information content (AvgIpc) is 3.41. The maximum absolute atomic E-state index is 12.4. The van der Waals surface area contributed by atoms with Crippen LogP contribution in [0.15, 0.2) is 66.9 Å². The van der Waals surface area contributed by atoms with E-state index in [2.05, 4.69) is 84.2 Å². The van der Waals surface area contributed by atoms with Crippen molar-refractivity contribution in [3.8, 4) is 5.69 Å². The molecule has 1 saturated heterocycles. The van der Waals surface area contributed by atoms with Gasteiger partial charge in [-0.2, -0.15) is 0 Å². The van der Waals surface area contributed by atoms with Gasteiger partial charge in [0.2, 0.25) is 5.91 Å². The molecule has 1 amide bonds. The third-order valence-electron chi connectivity index (χ3n) is 7.76. The fourth-order valence-electron chi connectivity index (χ4n) is 5.58. The van der Waals surface area contributed by atoms with Crippen molar-refractivity contribution in [2.75, 3.05) is 10.2 Å². The smallest absolute Gasteiger partial charge is 0.226 e. The molecule has 0 saturated carbocycles. The fraction of sp³-hybridized carbons (Fsp3) is 0.303.